The SMILES string of the molecule is O=C(CN(CCc1ccccc1)C(=O)C1CC1)N1CCN(c2ccc(-c3ccccc3)nn2)CC1. The predicted molar refractivity (Wildman–Crippen MR) is 136 cm³/mol. The Hall–Kier alpha value is -3.74. The minimum absolute atomic E-state index is 0.0252. The summed E-state index contributed by atoms with van der Waals surface area (Å²) in [6.45, 7) is 3.37. The van der Waals surface area contributed by atoms with Gasteiger partial charge in [0.1, 0.15) is 0 Å². The normalized spacial score (nSPS) is 15.7. The summed E-state index contributed by atoms with van der Waals surface area (Å²) in [7, 11) is 0. The molecule has 0 atom stereocenters. The quantitative estimate of drug-likeness (QED) is 0.507. The number of aromatic nitrogens is 2. The van der Waals surface area contributed by atoms with E-state index in [-0.39, 0.29) is 24.3 Å². The molecule has 0 unspecified atom stereocenters. The number of hydrogen-bond acceptors (Lipinski definition) is 5. The van der Waals surface area contributed by atoms with Gasteiger partial charge in [0.2, 0.25) is 11.8 Å². The third-order valence-electron chi connectivity index (χ3n) is 6.75. The molecule has 180 valence electrons. The lowest BCUT2D eigenvalue weighted by molar-refractivity contribution is -0.141. The van der Waals surface area contributed by atoms with E-state index in [4.69, 9.17) is 0 Å². The van der Waals surface area contributed by atoms with Crippen LogP contribution in [0.2, 0.25) is 0 Å². The Morgan fingerprint density at radius 1 is 0.829 bits per heavy atom. The molecule has 1 saturated carbocycles. The molecule has 7 heteroatoms. The number of rotatable bonds is 8. The maximum atomic E-state index is 13.1. The Bertz CT molecular complexity index is 1130. The van der Waals surface area contributed by atoms with E-state index in [1.54, 1.807) is 4.90 Å². The fourth-order valence-electron chi connectivity index (χ4n) is 4.47. The van der Waals surface area contributed by atoms with Crippen LogP contribution in [0.3, 0.4) is 0 Å². The molecular formula is C28H31N5O2. The number of piperazine rings is 1. The van der Waals surface area contributed by atoms with Gasteiger partial charge in [-0.1, -0.05) is 60.7 Å². The Kier molecular flexibility index (Phi) is 7.02. The van der Waals surface area contributed by atoms with Gasteiger partial charge in [-0.25, -0.2) is 0 Å². The van der Waals surface area contributed by atoms with E-state index in [1.807, 2.05) is 65.6 Å². The number of carbonyl (C=O) groups excluding carboxylic acids is 2. The van der Waals surface area contributed by atoms with Gasteiger partial charge in [-0.15, -0.1) is 10.2 Å². The second-order valence-electron chi connectivity index (χ2n) is 9.28. The molecule has 2 aliphatic rings. The minimum Gasteiger partial charge on any atom is -0.352 e. The molecule has 2 heterocycles. The Balaban J connectivity index is 1.15. The van der Waals surface area contributed by atoms with E-state index in [1.165, 1.54) is 5.56 Å². The van der Waals surface area contributed by atoms with E-state index in [9.17, 15) is 9.59 Å². The first-order valence-electron chi connectivity index (χ1n) is 12.4. The van der Waals surface area contributed by atoms with Crippen molar-refractivity contribution in [1.82, 2.24) is 20.0 Å². The van der Waals surface area contributed by atoms with Crippen LogP contribution in [0.25, 0.3) is 11.3 Å². The average Bonchev–Trinajstić information content (AvgIpc) is 3.78. The number of carbonyl (C=O) groups is 2. The Morgan fingerprint density at radius 3 is 2.14 bits per heavy atom. The van der Waals surface area contributed by atoms with Crippen LogP contribution in [0.5, 0.6) is 0 Å². The molecule has 0 N–H and O–H groups in total. The average molecular weight is 470 g/mol. The van der Waals surface area contributed by atoms with Crippen molar-refractivity contribution >= 4 is 17.6 Å². The van der Waals surface area contributed by atoms with E-state index in [0.717, 1.165) is 36.3 Å². The summed E-state index contributed by atoms with van der Waals surface area (Å²) in [4.78, 5) is 31.7. The zero-order valence-corrected chi connectivity index (χ0v) is 19.9. The van der Waals surface area contributed by atoms with Crippen LogP contribution in [0.1, 0.15) is 18.4 Å². The summed E-state index contributed by atoms with van der Waals surface area (Å²) in [5.74, 6) is 1.08. The van der Waals surface area contributed by atoms with E-state index < -0.39 is 0 Å². The molecule has 2 fully saturated rings. The second kappa shape index (κ2) is 10.7. The number of benzene rings is 2. The molecule has 0 radical (unpaired) electrons. The summed E-state index contributed by atoms with van der Waals surface area (Å²) >= 11 is 0. The number of hydrogen-bond donors (Lipinski definition) is 0. The Morgan fingerprint density at radius 2 is 1.51 bits per heavy atom. The van der Waals surface area contributed by atoms with Gasteiger partial charge in [-0.2, -0.15) is 0 Å². The van der Waals surface area contributed by atoms with Crippen LogP contribution in [0.4, 0.5) is 5.82 Å². The molecule has 1 aromatic heterocycles. The van der Waals surface area contributed by atoms with E-state index >= 15 is 0 Å². The van der Waals surface area contributed by atoms with Crippen molar-refractivity contribution in [1.29, 1.82) is 0 Å². The summed E-state index contributed by atoms with van der Waals surface area (Å²) < 4.78 is 0. The summed E-state index contributed by atoms with van der Waals surface area (Å²) in [6.07, 6.45) is 2.65. The third kappa shape index (κ3) is 5.85. The molecule has 1 aliphatic carbocycles. The lowest BCUT2D eigenvalue weighted by Crippen LogP contribution is -2.52. The van der Waals surface area contributed by atoms with Crippen LogP contribution in [0, 0.1) is 5.92 Å². The van der Waals surface area contributed by atoms with Crippen LogP contribution in [-0.4, -0.2) is 71.1 Å². The van der Waals surface area contributed by atoms with Gasteiger partial charge in [0.15, 0.2) is 5.82 Å². The van der Waals surface area contributed by atoms with Crippen molar-refractivity contribution in [3.8, 4) is 11.3 Å². The highest BCUT2D eigenvalue weighted by molar-refractivity contribution is 5.87. The maximum Gasteiger partial charge on any atom is 0.242 e. The van der Waals surface area contributed by atoms with Gasteiger partial charge < -0.3 is 14.7 Å². The van der Waals surface area contributed by atoms with Gasteiger partial charge >= 0.3 is 0 Å². The largest absolute Gasteiger partial charge is 0.352 e. The molecule has 2 amide bonds. The van der Waals surface area contributed by atoms with Crippen molar-refractivity contribution in [3.63, 3.8) is 0 Å². The number of nitrogens with zero attached hydrogens (tertiary/aromatic N) is 5. The smallest absolute Gasteiger partial charge is 0.242 e. The van der Waals surface area contributed by atoms with Crippen LogP contribution in [0.15, 0.2) is 72.8 Å². The Labute approximate surface area is 206 Å². The van der Waals surface area contributed by atoms with Gasteiger partial charge in [-0.05, 0) is 37.0 Å². The summed E-state index contributed by atoms with van der Waals surface area (Å²) in [5.41, 5.74) is 3.07. The zero-order valence-electron chi connectivity index (χ0n) is 19.9. The van der Waals surface area contributed by atoms with Crippen molar-refractivity contribution in [2.45, 2.75) is 19.3 Å². The molecule has 35 heavy (non-hydrogen) atoms. The molecule has 5 rings (SSSR count). The van der Waals surface area contributed by atoms with E-state index in [2.05, 4.69) is 27.2 Å². The highest BCUT2D eigenvalue weighted by atomic mass is 16.2. The number of anilines is 1. The number of amides is 2. The fourth-order valence-corrected chi connectivity index (χ4v) is 4.47. The lowest BCUT2D eigenvalue weighted by atomic mass is 10.1. The topological polar surface area (TPSA) is 69.6 Å². The molecule has 1 aliphatic heterocycles. The molecule has 0 bridgehead atoms. The molecular weight excluding hydrogens is 438 g/mol. The van der Waals surface area contributed by atoms with Crippen molar-refractivity contribution in [2.75, 3.05) is 44.2 Å². The minimum atomic E-state index is 0.0252. The fraction of sp³-hybridized carbons (Fsp3) is 0.357. The van der Waals surface area contributed by atoms with E-state index in [0.29, 0.717) is 32.7 Å². The first-order chi connectivity index (χ1) is 17.2. The zero-order chi connectivity index (χ0) is 24.0. The van der Waals surface area contributed by atoms with Gasteiger partial charge in [-0.3, -0.25) is 9.59 Å². The van der Waals surface area contributed by atoms with Gasteiger partial charge in [0.25, 0.3) is 0 Å². The molecule has 2 aromatic carbocycles. The molecule has 7 nitrogen and oxygen atoms in total. The van der Waals surface area contributed by atoms with Crippen molar-refractivity contribution in [3.05, 3.63) is 78.4 Å². The first-order valence-corrected chi connectivity index (χ1v) is 12.4. The van der Waals surface area contributed by atoms with Gasteiger partial charge in [0, 0.05) is 44.2 Å². The van der Waals surface area contributed by atoms with Crippen LogP contribution >= 0.6 is 0 Å². The first kappa shape index (κ1) is 23.0. The molecule has 1 saturated heterocycles. The summed E-state index contributed by atoms with van der Waals surface area (Å²) in [6, 6.07) is 24.1. The monoisotopic (exact) mass is 469 g/mol. The predicted octanol–water partition coefficient (Wildman–Crippen LogP) is 3.27. The van der Waals surface area contributed by atoms with Gasteiger partial charge in [0.05, 0.1) is 12.2 Å². The van der Waals surface area contributed by atoms with Crippen LogP contribution < -0.4 is 4.90 Å². The maximum absolute atomic E-state index is 13.1. The summed E-state index contributed by atoms with van der Waals surface area (Å²) in [5, 5.41) is 8.81. The van der Waals surface area contributed by atoms with Crippen molar-refractivity contribution in [2.24, 2.45) is 5.92 Å². The van der Waals surface area contributed by atoms with Crippen molar-refractivity contribution < 1.29 is 9.59 Å². The standard InChI is InChI=1S/C28H31N5O2/c34-27(21-33(28(35)24-11-12-24)16-15-22-7-3-1-4-8-22)32-19-17-31(18-20-32)26-14-13-25(29-30-26)23-9-5-2-6-10-23/h1-10,13-14,24H,11-12,15-21H2. The molecule has 0 spiro atoms. The highest BCUT2D eigenvalue weighted by Crippen LogP contribution is 2.31. The molecule has 3 aromatic rings. The third-order valence-corrected chi connectivity index (χ3v) is 6.75. The van der Waals surface area contributed by atoms with Crippen LogP contribution in [-0.2, 0) is 16.0 Å². The highest BCUT2D eigenvalue weighted by Gasteiger charge is 2.35. The second-order valence-corrected chi connectivity index (χ2v) is 9.28. The lowest BCUT2D eigenvalue weighted by Gasteiger charge is -2.36.